The van der Waals surface area contributed by atoms with E-state index in [2.05, 4.69) is 6.07 Å². The molecule has 1 saturated heterocycles. The Labute approximate surface area is 216 Å². The summed E-state index contributed by atoms with van der Waals surface area (Å²) in [7, 11) is 0. The van der Waals surface area contributed by atoms with E-state index < -0.39 is 29.8 Å². The van der Waals surface area contributed by atoms with E-state index in [0.29, 0.717) is 43.5 Å². The Morgan fingerprint density at radius 1 is 1.19 bits per heavy atom. The number of pyridine rings is 2. The van der Waals surface area contributed by atoms with Gasteiger partial charge in [0.25, 0.3) is 5.56 Å². The van der Waals surface area contributed by atoms with Gasteiger partial charge in [-0.3, -0.25) is 9.69 Å². The van der Waals surface area contributed by atoms with Crippen LogP contribution in [0.2, 0.25) is 0 Å². The van der Waals surface area contributed by atoms with E-state index in [-0.39, 0.29) is 5.56 Å². The maximum absolute atomic E-state index is 13.4. The number of nitrogens with zero attached hydrogens (tertiary/aromatic N) is 3. The van der Waals surface area contributed by atoms with Gasteiger partial charge in [0.1, 0.15) is 17.7 Å². The van der Waals surface area contributed by atoms with Crippen molar-refractivity contribution in [1.82, 2.24) is 14.5 Å². The minimum absolute atomic E-state index is 0.111. The van der Waals surface area contributed by atoms with E-state index >= 15 is 0 Å². The van der Waals surface area contributed by atoms with Crippen molar-refractivity contribution in [3.05, 3.63) is 63.4 Å². The third-order valence-corrected chi connectivity index (χ3v) is 7.08. The molecule has 0 spiro atoms. The third kappa shape index (κ3) is 4.61. The smallest absolute Gasteiger partial charge is 0.411 e. The Morgan fingerprint density at radius 3 is 2.68 bits per heavy atom. The second-order valence-corrected chi connectivity index (χ2v) is 10.9. The number of hydrogen-bond donors (Lipinski definition) is 0. The van der Waals surface area contributed by atoms with Crippen molar-refractivity contribution >= 4 is 23.0 Å². The quantitative estimate of drug-likeness (QED) is 0.359. The van der Waals surface area contributed by atoms with Gasteiger partial charge in [-0.1, -0.05) is 25.1 Å². The Morgan fingerprint density at radius 2 is 1.95 bits per heavy atom. The first-order chi connectivity index (χ1) is 17.6. The van der Waals surface area contributed by atoms with Crippen LogP contribution < -0.4 is 5.56 Å². The Bertz CT molecular complexity index is 1450. The summed E-state index contributed by atoms with van der Waals surface area (Å²) in [5.41, 5.74) is 3.84. The summed E-state index contributed by atoms with van der Waals surface area (Å²) in [4.78, 5) is 45.7. The fourth-order valence-corrected chi connectivity index (χ4v) is 5.27. The number of hydrogen-bond acceptors (Lipinski definition) is 6. The van der Waals surface area contributed by atoms with E-state index in [9.17, 15) is 14.4 Å². The molecule has 2 aliphatic heterocycles. The lowest BCUT2D eigenvalue weighted by atomic mass is 10.0. The van der Waals surface area contributed by atoms with Gasteiger partial charge in [0.15, 0.2) is 0 Å². The molecular weight excluding hydrogens is 470 g/mol. The highest BCUT2D eigenvalue weighted by atomic mass is 16.6. The third-order valence-electron chi connectivity index (χ3n) is 7.08. The number of amides is 1. The van der Waals surface area contributed by atoms with Crippen molar-refractivity contribution in [2.24, 2.45) is 0 Å². The average Bonchev–Trinajstić information content (AvgIpc) is 3.48. The van der Waals surface area contributed by atoms with Gasteiger partial charge in [-0.2, -0.15) is 0 Å². The summed E-state index contributed by atoms with van der Waals surface area (Å²) in [5.74, 6) is -0.472. The molecule has 0 radical (unpaired) electrons. The number of para-hydroxylation sites is 1. The van der Waals surface area contributed by atoms with Gasteiger partial charge in [-0.05, 0) is 65.2 Å². The van der Waals surface area contributed by atoms with Gasteiger partial charge < -0.3 is 14.0 Å². The van der Waals surface area contributed by atoms with Crippen molar-refractivity contribution in [3.63, 3.8) is 0 Å². The number of fused-ring (bicyclic) bond motifs is 4. The molecule has 0 aliphatic carbocycles. The zero-order chi connectivity index (χ0) is 26.5. The van der Waals surface area contributed by atoms with Crippen LogP contribution >= 0.6 is 0 Å². The van der Waals surface area contributed by atoms with Crippen LogP contribution in [0.5, 0.6) is 0 Å². The first-order valence-corrected chi connectivity index (χ1v) is 12.9. The highest BCUT2D eigenvalue weighted by molar-refractivity contribution is 5.84. The highest BCUT2D eigenvalue weighted by Gasteiger charge is 2.39. The molecule has 3 aromatic rings. The first-order valence-electron chi connectivity index (χ1n) is 12.9. The lowest BCUT2D eigenvalue weighted by molar-refractivity contribution is -0.155. The van der Waals surface area contributed by atoms with E-state index in [1.165, 1.54) is 4.90 Å². The summed E-state index contributed by atoms with van der Waals surface area (Å²) < 4.78 is 13.2. The van der Waals surface area contributed by atoms with Gasteiger partial charge in [-0.15, -0.1) is 0 Å². The van der Waals surface area contributed by atoms with Crippen molar-refractivity contribution in [3.8, 4) is 11.4 Å². The molecule has 2 atom stereocenters. The Hall–Kier alpha value is -3.68. The average molecular weight is 504 g/mol. The standard InChI is InChI=1S/C29H33N3O5/c1-6-24(36-27(34)22-12-9-13-31(22)28(35)37-29(3,4)5)20-15-23-25-19(16-32(23)26(33)17(20)2)14-18-10-7-8-11-21(18)30-25/h7-8,10-11,14-15,22,24H,6,9,12-13,16H2,1-5H3. The Balaban J connectivity index is 1.45. The summed E-state index contributed by atoms with van der Waals surface area (Å²) in [5, 5.41) is 1.03. The molecule has 2 aliphatic rings. The second-order valence-electron chi connectivity index (χ2n) is 10.9. The summed E-state index contributed by atoms with van der Waals surface area (Å²) in [6.07, 6.45) is 0.585. The van der Waals surface area contributed by atoms with Gasteiger partial charge in [0.2, 0.25) is 0 Å². The molecule has 8 nitrogen and oxygen atoms in total. The Kier molecular flexibility index (Phi) is 6.30. The van der Waals surface area contributed by atoms with E-state index in [1.807, 2.05) is 37.3 Å². The number of carbonyl (C=O) groups excluding carboxylic acids is 2. The van der Waals surface area contributed by atoms with Crippen LogP contribution in [-0.2, 0) is 20.8 Å². The van der Waals surface area contributed by atoms with Gasteiger partial charge in [-0.25, -0.2) is 14.6 Å². The monoisotopic (exact) mass is 503 g/mol. The van der Waals surface area contributed by atoms with Crippen molar-refractivity contribution in [2.45, 2.75) is 78.2 Å². The molecule has 2 unspecified atom stereocenters. The predicted molar refractivity (Wildman–Crippen MR) is 140 cm³/mol. The SMILES string of the molecule is CCC(OC(=O)C1CCCN1C(=O)OC(C)(C)C)c1cc2n(c(=O)c1C)Cc1cc3ccccc3nc1-2. The van der Waals surface area contributed by atoms with E-state index in [1.54, 1.807) is 32.3 Å². The molecule has 0 bridgehead atoms. The zero-order valence-corrected chi connectivity index (χ0v) is 22.0. The molecule has 0 saturated carbocycles. The van der Waals surface area contributed by atoms with Gasteiger partial charge in [0, 0.05) is 28.6 Å². The van der Waals surface area contributed by atoms with Crippen LogP contribution in [-0.4, -0.2) is 44.7 Å². The van der Waals surface area contributed by atoms with E-state index in [4.69, 9.17) is 14.5 Å². The molecule has 4 heterocycles. The topological polar surface area (TPSA) is 90.7 Å². The fourth-order valence-electron chi connectivity index (χ4n) is 5.27. The lowest BCUT2D eigenvalue weighted by Gasteiger charge is -2.29. The van der Waals surface area contributed by atoms with Crippen molar-refractivity contribution in [1.29, 1.82) is 0 Å². The van der Waals surface area contributed by atoms with Crippen LogP contribution in [0.4, 0.5) is 4.79 Å². The largest absolute Gasteiger partial charge is 0.456 e. The maximum atomic E-state index is 13.4. The number of likely N-dealkylation sites (tertiary alicyclic amines) is 1. The molecule has 0 N–H and O–H groups in total. The summed E-state index contributed by atoms with van der Waals surface area (Å²) in [6.45, 7) is 10.00. The molecule has 8 heteroatoms. The molecule has 194 valence electrons. The van der Waals surface area contributed by atoms with Crippen LogP contribution in [0.25, 0.3) is 22.3 Å². The van der Waals surface area contributed by atoms with Crippen molar-refractivity contribution < 1.29 is 19.1 Å². The van der Waals surface area contributed by atoms with Gasteiger partial charge in [0.05, 0.1) is 23.4 Å². The minimum Gasteiger partial charge on any atom is -0.456 e. The number of benzene rings is 1. The van der Waals surface area contributed by atoms with Crippen LogP contribution in [0, 0.1) is 6.92 Å². The maximum Gasteiger partial charge on any atom is 0.411 e. The first kappa shape index (κ1) is 25.0. The number of carbonyl (C=O) groups is 2. The number of ether oxygens (including phenoxy) is 2. The lowest BCUT2D eigenvalue weighted by Crippen LogP contribution is -2.44. The fraction of sp³-hybridized carbons (Fsp3) is 0.448. The van der Waals surface area contributed by atoms with Crippen LogP contribution in [0.1, 0.15) is 69.8 Å². The van der Waals surface area contributed by atoms with E-state index in [0.717, 1.165) is 27.9 Å². The molecule has 1 aromatic carbocycles. The summed E-state index contributed by atoms with van der Waals surface area (Å²) in [6, 6.07) is 11.2. The minimum atomic E-state index is -0.700. The molecule has 1 fully saturated rings. The van der Waals surface area contributed by atoms with Crippen LogP contribution in [0.15, 0.2) is 41.2 Å². The molecular formula is C29H33N3O5. The van der Waals surface area contributed by atoms with Crippen molar-refractivity contribution in [2.75, 3.05) is 6.54 Å². The zero-order valence-electron chi connectivity index (χ0n) is 22.0. The second kappa shape index (κ2) is 9.32. The summed E-state index contributed by atoms with van der Waals surface area (Å²) >= 11 is 0. The highest BCUT2D eigenvalue weighted by Crippen LogP contribution is 2.35. The number of esters is 1. The van der Waals surface area contributed by atoms with Crippen LogP contribution in [0.3, 0.4) is 0 Å². The number of aromatic nitrogens is 2. The molecule has 1 amide bonds. The molecule has 37 heavy (non-hydrogen) atoms. The molecule has 2 aromatic heterocycles. The molecule has 5 rings (SSSR count). The normalized spacial score (nSPS) is 17.4. The predicted octanol–water partition coefficient (Wildman–Crippen LogP) is 5.13. The number of rotatable bonds is 4. The van der Waals surface area contributed by atoms with Gasteiger partial charge >= 0.3 is 12.1 Å².